The smallest absolute Gasteiger partial charge is 0.161 e. The highest BCUT2D eigenvalue weighted by molar-refractivity contribution is 6.29. The molecule has 30 rings (SSSR count). The molecule has 0 saturated heterocycles. The maximum atomic E-state index is 13.8. The molecular formula is C139H84FN9. The minimum atomic E-state index is -0.279. The van der Waals surface area contributed by atoms with Crippen LogP contribution in [-0.4, -0.2) is 44.9 Å². The summed E-state index contributed by atoms with van der Waals surface area (Å²) in [7, 11) is 0. The summed E-state index contributed by atoms with van der Waals surface area (Å²) in [5, 5.41) is 32.3. The highest BCUT2D eigenvalue weighted by Gasteiger charge is 2.25. The summed E-state index contributed by atoms with van der Waals surface area (Å²) in [4.78, 5) is 44.4. The Hall–Kier alpha value is -19.9. The molecule has 0 aliphatic heterocycles. The van der Waals surface area contributed by atoms with Gasteiger partial charge in [0.05, 0.1) is 34.2 Å². The van der Waals surface area contributed by atoms with E-state index in [0.717, 1.165) is 123 Å². The molecule has 6 aromatic heterocycles. The van der Waals surface area contributed by atoms with E-state index in [1.54, 1.807) is 30.7 Å². The molecule has 0 unspecified atom stereocenters. The number of aromatic nitrogens is 9. The van der Waals surface area contributed by atoms with E-state index in [1.807, 2.05) is 61.1 Å². The number of fused-ring (bicyclic) bond motifs is 6. The topological polar surface area (TPSA) is 116 Å². The molecule has 0 amide bonds. The molecule has 24 aromatic carbocycles. The van der Waals surface area contributed by atoms with Crippen molar-refractivity contribution in [1.82, 2.24) is 44.9 Å². The van der Waals surface area contributed by atoms with Crippen LogP contribution in [-0.2, 0) is 0 Å². The Morgan fingerprint density at radius 3 is 0.805 bits per heavy atom. The van der Waals surface area contributed by atoms with Gasteiger partial charge in [0.1, 0.15) is 5.82 Å². The summed E-state index contributed by atoms with van der Waals surface area (Å²) in [6, 6.07) is 166. The minimum Gasteiger partial charge on any atom is -0.264 e. The van der Waals surface area contributed by atoms with E-state index < -0.39 is 0 Å². The number of nitrogens with zero attached hydrogens (tertiary/aromatic N) is 9. The lowest BCUT2D eigenvalue weighted by molar-refractivity contribution is 0.628. The van der Waals surface area contributed by atoms with Crippen LogP contribution in [0.4, 0.5) is 4.39 Å². The molecule has 0 aliphatic rings. The Bertz CT molecular complexity index is 10400. The van der Waals surface area contributed by atoms with Gasteiger partial charge in [-0.25, -0.2) is 34.3 Å². The molecule has 6 heterocycles. The quantitative estimate of drug-likeness (QED) is 0.0981. The third-order valence-corrected chi connectivity index (χ3v) is 29.6. The van der Waals surface area contributed by atoms with E-state index >= 15 is 0 Å². The van der Waals surface area contributed by atoms with Crippen molar-refractivity contribution in [3.8, 4) is 157 Å². The molecule has 692 valence electrons. The zero-order chi connectivity index (χ0) is 98.5. The third-order valence-electron chi connectivity index (χ3n) is 29.6. The molecule has 0 spiro atoms. The van der Waals surface area contributed by atoms with E-state index in [9.17, 15) is 4.39 Å². The minimum absolute atomic E-state index is 0.279. The fourth-order valence-corrected chi connectivity index (χ4v) is 22.5. The van der Waals surface area contributed by atoms with Crippen LogP contribution in [0, 0.1) is 5.82 Å². The monoisotopic (exact) mass is 1900 g/mol. The first-order chi connectivity index (χ1) is 73.7. The van der Waals surface area contributed by atoms with E-state index in [2.05, 4.69) is 421 Å². The zero-order valence-electron chi connectivity index (χ0n) is 80.4. The summed E-state index contributed by atoms with van der Waals surface area (Å²) >= 11 is 0. The molecule has 30 aromatic rings. The molecular weight excluding hydrogens is 1810 g/mol. The van der Waals surface area contributed by atoms with Crippen LogP contribution in [0.15, 0.2) is 510 Å². The van der Waals surface area contributed by atoms with Gasteiger partial charge in [-0.05, 0) is 264 Å². The summed E-state index contributed by atoms with van der Waals surface area (Å²) in [6.07, 6.45) is 11.0. The van der Waals surface area contributed by atoms with Crippen LogP contribution in [0.5, 0.6) is 0 Å². The second kappa shape index (κ2) is 36.5. The second-order valence-electron chi connectivity index (χ2n) is 38.3. The number of benzene rings is 24. The van der Waals surface area contributed by atoms with Gasteiger partial charge in [0, 0.05) is 104 Å². The fourth-order valence-electron chi connectivity index (χ4n) is 22.5. The van der Waals surface area contributed by atoms with Crippen molar-refractivity contribution >= 4 is 140 Å². The predicted octanol–water partition coefficient (Wildman–Crippen LogP) is 36.4. The van der Waals surface area contributed by atoms with Crippen LogP contribution in [0.3, 0.4) is 0 Å². The van der Waals surface area contributed by atoms with Crippen LogP contribution in [0.25, 0.3) is 297 Å². The number of hydrogen-bond acceptors (Lipinski definition) is 9. The summed E-state index contributed by atoms with van der Waals surface area (Å²) in [5.74, 6) is 1.69. The number of pyridine rings is 3. The van der Waals surface area contributed by atoms with Crippen LogP contribution >= 0.6 is 0 Å². The molecule has 10 heteroatoms. The summed E-state index contributed by atoms with van der Waals surface area (Å²) in [6.45, 7) is 0. The molecule has 0 aliphatic carbocycles. The Kier molecular flexibility index (Phi) is 21.3. The Labute approximate surface area is 856 Å². The van der Waals surface area contributed by atoms with Crippen molar-refractivity contribution in [2.24, 2.45) is 0 Å². The first-order valence-corrected chi connectivity index (χ1v) is 50.2. The van der Waals surface area contributed by atoms with Gasteiger partial charge in [-0.3, -0.25) is 15.0 Å². The van der Waals surface area contributed by atoms with Gasteiger partial charge in [0.15, 0.2) is 17.5 Å². The maximum Gasteiger partial charge on any atom is 0.161 e. The molecule has 0 radical (unpaired) electrons. The lowest BCUT2D eigenvalue weighted by atomic mass is 9.90. The van der Waals surface area contributed by atoms with Crippen LogP contribution < -0.4 is 0 Å². The Balaban J connectivity index is 0.000000109. The van der Waals surface area contributed by atoms with Gasteiger partial charge in [-0.2, -0.15) is 0 Å². The average Bonchev–Trinajstić information content (AvgIpc) is 0.737. The van der Waals surface area contributed by atoms with E-state index in [0.29, 0.717) is 17.5 Å². The molecule has 0 atom stereocenters. The highest BCUT2D eigenvalue weighted by atomic mass is 19.1. The molecule has 0 N–H and O–H groups in total. The standard InChI is InChI=1S/2C51H31N3.C37H22FN3/c1-2-13-39-37(9-1)29-46(42-16-5-4-15-41(39)42)32-18-20-33(21-19-32)47-30-48(54-51(53-47)45-17-6-3-14-40(45)38-12-8-28-52-31-38)43-26-24-36-23-22-34-10-7-11-35-25-27-44(43)50(36)49(34)35;1-2-14-41-38(8-1)29-46(43-16-4-3-15-42(41)43)32-17-19-33(20-18-32)47-30-48(54-51(53-47)39-12-6-11-37(28-39)40-13-7-27-52-31-40)44-25-23-36-22-21-34-9-5-10-35-24-26-45(44)50(36)49(34)35;38-30-15-11-23(12-16-30)33-21-34(41-37(40-33)28-7-2-6-27(20-28)29-8-3-19-39-22-29)31-17-13-26-10-9-24-4-1-5-25-14-18-32(31)36(26)35(24)25/h2*1-31H;1-22H. The number of rotatable bonds is 14. The number of halogens is 1. The van der Waals surface area contributed by atoms with Crippen LogP contribution in [0.1, 0.15) is 0 Å². The average molecular weight is 1900 g/mol. The van der Waals surface area contributed by atoms with E-state index in [-0.39, 0.29) is 5.82 Å². The molecule has 149 heavy (non-hydrogen) atoms. The van der Waals surface area contributed by atoms with Crippen molar-refractivity contribution < 1.29 is 4.39 Å². The van der Waals surface area contributed by atoms with Crippen molar-refractivity contribution in [2.75, 3.05) is 0 Å². The zero-order valence-corrected chi connectivity index (χ0v) is 80.4. The summed E-state index contributed by atoms with van der Waals surface area (Å²) < 4.78 is 13.8. The summed E-state index contributed by atoms with van der Waals surface area (Å²) in [5.41, 5.74) is 25.1. The predicted molar refractivity (Wildman–Crippen MR) is 617 cm³/mol. The van der Waals surface area contributed by atoms with Crippen molar-refractivity contribution in [3.05, 3.63) is 516 Å². The van der Waals surface area contributed by atoms with Gasteiger partial charge in [-0.15, -0.1) is 0 Å². The molecule has 9 nitrogen and oxygen atoms in total. The molecule has 0 bridgehead atoms. The third kappa shape index (κ3) is 15.7. The molecule has 0 fully saturated rings. The van der Waals surface area contributed by atoms with Gasteiger partial charge in [0.2, 0.25) is 0 Å². The molecule has 0 saturated carbocycles. The SMILES string of the molecule is Fc1ccc(-c2cc(-c3ccc4ccc5cccc6ccc3c4c56)nc(-c3cccc(-c4cccnc4)c3)n2)cc1.c1cncc(-c2cccc(-c3nc(-c4ccc(-c5cc6ccccc6c6ccccc56)cc4)cc(-c4ccc5ccc6cccc7ccc4c5c67)n3)c2)c1.c1cncc(-c2ccccc2-c2nc(-c3ccc(-c4cc5ccccc5c5ccccc45)cc3)cc(-c3ccc4ccc5cccc6ccc3c4c56)n2)c1. The maximum absolute atomic E-state index is 13.8. The van der Waals surface area contributed by atoms with Crippen molar-refractivity contribution in [2.45, 2.75) is 0 Å². The van der Waals surface area contributed by atoms with Gasteiger partial charge >= 0.3 is 0 Å². The largest absolute Gasteiger partial charge is 0.264 e. The Morgan fingerprint density at radius 2 is 0.416 bits per heavy atom. The van der Waals surface area contributed by atoms with Crippen molar-refractivity contribution in [3.63, 3.8) is 0 Å². The van der Waals surface area contributed by atoms with E-state index in [4.69, 9.17) is 29.9 Å². The van der Waals surface area contributed by atoms with Gasteiger partial charge in [0.25, 0.3) is 0 Å². The van der Waals surface area contributed by atoms with Crippen molar-refractivity contribution in [1.29, 1.82) is 0 Å². The number of hydrogen-bond donors (Lipinski definition) is 0. The van der Waals surface area contributed by atoms with E-state index in [1.165, 1.54) is 169 Å². The van der Waals surface area contributed by atoms with Gasteiger partial charge < -0.3 is 0 Å². The van der Waals surface area contributed by atoms with Gasteiger partial charge in [-0.1, -0.05) is 388 Å². The lowest BCUT2D eigenvalue weighted by Crippen LogP contribution is -1.98. The van der Waals surface area contributed by atoms with Crippen LogP contribution in [0.2, 0.25) is 0 Å². The lowest BCUT2D eigenvalue weighted by Gasteiger charge is -2.16. The highest BCUT2D eigenvalue weighted by Crippen LogP contribution is 2.48. The fraction of sp³-hybridized carbons (Fsp3) is 0. The Morgan fingerprint density at radius 1 is 0.134 bits per heavy atom. The first kappa shape index (κ1) is 86.9. The second-order valence-corrected chi connectivity index (χ2v) is 38.3. The normalized spacial score (nSPS) is 11.7. The first-order valence-electron chi connectivity index (χ1n) is 50.2.